The Morgan fingerprint density at radius 1 is 1.14 bits per heavy atom. The molecule has 0 aromatic heterocycles. The highest BCUT2D eigenvalue weighted by Gasteiger charge is 2.51. The summed E-state index contributed by atoms with van der Waals surface area (Å²) < 4.78 is 18.7. The number of nitrogens with one attached hydrogen (secondary N) is 2. The number of amides is 4. The Bertz CT molecular complexity index is 889. The molecule has 0 spiro atoms. The van der Waals surface area contributed by atoms with Gasteiger partial charge in [0.25, 0.3) is 5.91 Å². The summed E-state index contributed by atoms with van der Waals surface area (Å²) in [5, 5.41) is 5.28. The number of rotatable bonds is 8. The monoisotopic (exact) mass is 399 g/mol. The minimum atomic E-state index is -1.30. The molecule has 2 aromatic rings. The first kappa shape index (κ1) is 20.3. The van der Waals surface area contributed by atoms with E-state index in [0.29, 0.717) is 11.3 Å². The van der Waals surface area contributed by atoms with E-state index in [-0.39, 0.29) is 19.6 Å². The number of halogens is 1. The van der Waals surface area contributed by atoms with Crippen molar-refractivity contribution in [2.45, 2.75) is 18.9 Å². The molecule has 1 fully saturated rings. The summed E-state index contributed by atoms with van der Waals surface area (Å²) in [7, 11) is 0. The van der Waals surface area contributed by atoms with Crippen LogP contribution in [-0.2, 0) is 15.1 Å². The van der Waals surface area contributed by atoms with Crippen molar-refractivity contribution in [2.75, 3.05) is 19.7 Å². The minimum absolute atomic E-state index is 0.230. The number of nitrogens with zero attached hydrogens (tertiary/aromatic N) is 1. The predicted octanol–water partition coefficient (Wildman–Crippen LogP) is 2.18. The summed E-state index contributed by atoms with van der Waals surface area (Å²) in [6.07, 6.45) is 0.270. The van der Waals surface area contributed by atoms with Gasteiger partial charge in [-0.1, -0.05) is 37.3 Å². The first-order valence-electron chi connectivity index (χ1n) is 9.31. The van der Waals surface area contributed by atoms with Gasteiger partial charge in [-0.3, -0.25) is 14.5 Å². The molecule has 4 amide bonds. The van der Waals surface area contributed by atoms with Gasteiger partial charge in [0, 0.05) is 0 Å². The SMILES string of the molecule is CCC1(c2ccc(F)cc2)NC(=O)N(CC(=O)NCCOc2ccccc2)C1=O. The van der Waals surface area contributed by atoms with E-state index < -0.39 is 35.7 Å². The quantitative estimate of drug-likeness (QED) is 0.526. The van der Waals surface area contributed by atoms with Crippen LogP contribution in [0.2, 0.25) is 0 Å². The highest BCUT2D eigenvalue weighted by Crippen LogP contribution is 2.32. The molecule has 0 aliphatic carbocycles. The van der Waals surface area contributed by atoms with Gasteiger partial charge in [-0.05, 0) is 36.2 Å². The van der Waals surface area contributed by atoms with Crippen molar-refractivity contribution in [3.8, 4) is 5.75 Å². The summed E-state index contributed by atoms with van der Waals surface area (Å²) in [6, 6.07) is 13.9. The molecule has 1 saturated heterocycles. The smallest absolute Gasteiger partial charge is 0.325 e. The van der Waals surface area contributed by atoms with Crippen LogP contribution in [0.15, 0.2) is 54.6 Å². The number of carbonyl (C=O) groups excluding carboxylic acids is 3. The highest BCUT2D eigenvalue weighted by atomic mass is 19.1. The van der Waals surface area contributed by atoms with Gasteiger partial charge in [0.15, 0.2) is 0 Å². The van der Waals surface area contributed by atoms with Crippen molar-refractivity contribution in [2.24, 2.45) is 0 Å². The van der Waals surface area contributed by atoms with Crippen molar-refractivity contribution < 1.29 is 23.5 Å². The van der Waals surface area contributed by atoms with Gasteiger partial charge in [0.05, 0.1) is 6.54 Å². The van der Waals surface area contributed by atoms with Crippen LogP contribution >= 0.6 is 0 Å². The van der Waals surface area contributed by atoms with Gasteiger partial charge in [-0.2, -0.15) is 0 Å². The van der Waals surface area contributed by atoms with Crippen molar-refractivity contribution in [3.63, 3.8) is 0 Å². The van der Waals surface area contributed by atoms with E-state index in [1.165, 1.54) is 24.3 Å². The number of hydrogen-bond acceptors (Lipinski definition) is 4. The zero-order chi connectivity index (χ0) is 20.9. The number of para-hydroxylation sites is 1. The Morgan fingerprint density at radius 2 is 1.83 bits per heavy atom. The summed E-state index contributed by atoms with van der Waals surface area (Å²) in [5.74, 6) is -0.767. The standard InChI is InChI=1S/C21H22FN3O4/c1-2-21(15-8-10-16(22)11-9-15)19(27)25(20(28)24-21)14-18(26)23-12-13-29-17-6-4-3-5-7-17/h3-11H,2,12-14H2,1H3,(H,23,26)(H,24,28). The van der Waals surface area contributed by atoms with Gasteiger partial charge in [-0.15, -0.1) is 0 Å². The average molecular weight is 399 g/mol. The van der Waals surface area contributed by atoms with E-state index >= 15 is 0 Å². The molecular formula is C21H22FN3O4. The van der Waals surface area contributed by atoms with Crippen LogP contribution in [0.25, 0.3) is 0 Å². The van der Waals surface area contributed by atoms with Gasteiger partial charge >= 0.3 is 6.03 Å². The fraction of sp³-hybridized carbons (Fsp3) is 0.286. The summed E-state index contributed by atoms with van der Waals surface area (Å²) >= 11 is 0. The van der Waals surface area contributed by atoms with Crippen molar-refractivity contribution in [1.29, 1.82) is 0 Å². The molecule has 0 radical (unpaired) electrons. The number of ether oxygens (including phenoxy) is 1. The highest BCUT2D eigenvalue weighted by molar-refractivity contribution is 6.09. The third-order valence-corrected chi connectivity index (χ3v) is 4.78. The maximum Gasteiger partial charge on any atom is 0.325 e. The second-order valence-corrected chi connectivity index (χ2v) is 6.60. The molecule has 1 atom stereocenters. The normalized spacial score (nSPS) is 18.5. The largest absolute Gasteiger partial charge is 0.492 e. The lowest BCUT2D eigenvalue weighted by atomic mass is 9.87. The fourth-order valence-electron chi connectivity index (χ4n) is 3.22. The van der Waals surface area contributed by atoms with E-state index in [2.05, 4.69) is 10.6 Å². The molecule has 7 nitrogen and oxygen atoms in total. The number of hydrogen-bond donors (Lipinski definition) is 2. The summed E-state index contributed by atoms with van der Waals surface area (Å²) in [6.45, 7) is 1.82. The van der Waals surface area contributed by atoms with Crippen LogP contribution < -0.4 is 15.4 Å². The van der Waals surface area contributed by atoms with E-state index in [1.54, 1.807) is 19.1 Å². The first-order valence-corrected chi connectivity index (χ1v) is 9.31. The molecular weight excluding hydrogens is 377 g/mol. The topological polar surface area (TPSA) is 87.7 Å². The zero-order valence-electron chi connectivity index (χ0n) is 16.0. The minimum Gasteiger partial charge on any atom is -0.492 e. The van der Waals surface area contributed by atoms with E-state index in [4.69, 9.17) is 4.74 Å². The number of urea groups is 1. The second-order valence-electron chi connectivity index (χ2n) is 6.60. The molecule has 2 aromatic carbocycles. The maximum atomic E-state index is 13.2. The lowest BCUT2D eigenvalue weighted by molar-refractivity contribution is -0.135. The van der Waals surface area contributed by atoms with Gasteiger partial charge in [0.1, 0.15) is 30.3 Å². The maximum absolute atomic E-state index is 13.2. The van der Waals surface area contributed by atoms with Crippen LogP contribution in [0.1, 0.15) is 18.9 Å². The van der Waals surface area contributed by atoms with E-state index in [9.17, 15) is 18.8 Å². The van der Waals surface area contributed by atoms with Crippen LogP contribution in [0, 0.1) is 5.82 Å². The number of benzene rings is 2. The molecule has 152 valence electrons. The van der Waals surface area contributed by atoms with Crippen LogP contribution in [-0.4, -0.2) is 42.4 Å². The Hall–Kier alpha value is -3.42. The Labute approximate surface area is 167 Å². The Morgan fingerprint density at radius 3 is 2.48 bits per heavy atom. The molecule has 8 heteroatoms. The third-order valence-electron chi connectivity index (χ3n) is 4.78. The second kappa shape index (κ2) is 8.72. The fourth-order valence-corrected chi connectivity index (χ4v) is 3.22. The Balaban J connectivity index is 1.57. The predicted molar refractivity (Wildman–Crippen MR) is 104 cm³/mol. The lowest BCUT2D eigenvalue weighted by Crippen LogP contribution is -2.45. The number of imide groups is 1. The summed E-state index contributed by atoms with van der Waals surface area (Å²) in [4.78, 5) is 38.4. The van der Waals surface area contributed by atoms with Crippen LogP contribution in [0.4, 0.5) is 9.18 Å². The molecule has 3 rings (SSSR count). The number of carbonyl (C=O) groups is 3. The van der Waals surface area contributed by atoms with Gasteiger partial charge in [-0.25, -0.2) is 9.18 Å². The van der Waals surface area contributed by atoms with Crippen molar-refractivity contribution in [3.05, 3.63) is 66.0 Å². The van der Waals surface area contributed by atoms with E-state index in [1.807, 2.05) is 18.2 Å². The molecule has 29 heavy (non-hydrogen) atoms. The Kier molecular flexibility index (Phi) is 6.11. The molecule has 2 N–H and O–H groups in total. The first-order chi connectivity index (χ1) is 14.0. The molecule has 1 aliphatic heterocycles. The lowest BCUT2D eigenvalue weighted by Gasteiger charge is -2.25. The molecule has 1 unspecified atom stereocenters. The molecule has 0 bridgehead atoms. The zero-order valence-corrected chi connectivity index (χ0v) is 16.0. The molecule has 0 saturated carbocycles. The average Bonchev–Trinajstić information content (AvgIpc) is 2.97. The molecule has 1 aliphatic rings. The summed E-state index contributed by atoms with van der Waals surface area (Å²) in [5.41, 5.74) is -0.833. The molecule has 1 heterocycles. The van der Waals surface area contributed by atoms with Crippen molar-refractivity contribution >= 4 is 17.8 Å². The van der Waals surface area contributed by atoms with Crippen LogP contribution in [0.5, 0.6) is 5.75 Å². The third kappa shape index (κ3) is 4.37. The van der Waals surface area contributed by atoms with E-state index in [0.717, 1.165) is 4.90 Å². The van der Waals surface area contributed by atoms with Gasteiger partial charge in [0.2, 0.25) is 5.91 Å². The van der Waals surface area contributed by atoms with Crippen LogP contribution in [0.3, 0.4) is 0 Å². The van der Waals surface area contributed by atoms with Gasteiger partial charge < -0.3 is 15.4 Å². The van der Waals surface area contributed by atoms with Crippen molar-refractivity contribution in [1.82, 2.24) is 15.5 Å².